The van der Waals surface area contributed by atoms with Gasteiger partial charge in [0.2, 0.25) is 5.91 Å². The fourth-order valence-electron chi connectivity index (χ4n) is 6.37. The van der Waals surface area contributed by atoms with E-state index in [4.69, 9.17) is 4.74 Å². The Labute approximate surface area is 215 Å². The third-order valence-electron chi connectivity index (χ3n) is 8.66. The van der Waals surface area contributed by atoms with E-state index in [1.807, 2.05) is 40.7 Å². The highest BCUT2D eigenvalue weighted by Crippen LogP contribution is 2.34. The Balaban J connectivity index is 1.46. The van der Waals surface area contributed by atoms with Gasteiger partial charge in [-0.1, -0.05) is 38.5 Å². The van der Waals surface area contributed by atoms with Gasteiger partial charge in [0.05, 0.1) is 19.2 Å². The van der Waals surface area contributed by atoms with E-state index >= 15 is 0 Å². The molecular formula is C29H42N4O3. The van der Waals surface area contributed by atoms with Crippen LogP contribution in [0.15, 0.2) is 24.3 Å². The Kier molecular flexibility index (Phi) is 7.56. The minimum absolute atomic E-state index is 0.0194. The van der Waals surface area contributed by atoms with E-state index in [1.165, 1.54) is 38.5 Å². The zero-order valence-electron chi connectivity index (χ0n) is 22.1. The van der Waals surface area contributed by atoms with E-state index in [-0.39, 0.29) is 17.9 Å². The van der Waals surface area contributed by atoms with E-state index in [0.29, 0.717) is 18.8 Å². The van der Waals surface area contributed by atoms with Crippen LogP contribution in [-0.2, 0) is 11.3 Å². The molecule has 7 heteroatoms. The number of benzene rings is 1. The number of likely N-dealkylation sites (tertiary alicyclic amines) is 1. The Morgan fingerprint density at radius 2 is 1.69 bits per heavy atom. The van der Waals surface area contributed by atoms with Crippen molar-refractivity contribution in [3.63, 3.8) is 0 Å². The van der Waals surface area contributed by atoms with Crippen molar-refractivity contribution in [2.75, 3.05) is 33.3 Å². The Morgan fingerprint density at radius 3 is 2.39 bits per heavy atom. The molecule has 2 aromatic rings. The maximum Gasteiger partial charge on any atom is 0.271 e. The summed E-state index contributed by atoms with van der Waals surface area (Å²) < 4.78 is 7.50. The monoisotopic (exact) mass is 494 g/mol. The van der Waals surface area contributed by atoms with Gasteiger partial charge in [-0.2, -0.15) is 0 Å². The molecule has 196 valence electrons. The number of hydrogen-bond acceptors (Lipinski definition) is 4. The number of rotatable bonds is 6. The molecular weight excluding hydrogens is 452 g/mol. The molecule has 3 aliphatic rings. The van der Waals surface area contributed by atoms with Gasteiger partial charge in [-0.05, 0) is 63.9 Å². The second-order valence-corrected chi connectivity index (χ2v) is 11.2. The normalized spacial score (nSPS) is 24.3. The van der Waals surface area contributed by atoms with Crippen molar-refractivity contribution in [1.29, 1.82) is 0 Å². The first kappa shape index (κ1) is 25.1. The first-order chi connectivity index (χ1) is 17.5. The highest BCUT2D eigenvalue weighted by molar-refractivity contribution is 6.03. The molecule has 1 aliphatic carbocycles. The predicted octanol–water partition coefficient (Wildman–Crippen LogP) is 4.58. The highest BCUT2D eigenvalue weighted by atomic mass is 16.5. The minimum Gasteiger partial charge on any atom is -0.497 e. The topological polar surface area (TPSA) is 66.8 Å². The third-order valence-corrected chi connectivity index (χ3v) is 8.66. The molecule has 1 saturated heterocycles. The van der Waals surface area contributed by atoms with Crippen molar-refractivity contribution >= 4 is 22.7 Å². The van der Waals surface area contributed by atoms with Crippen molar-refractivity contribution < 1.29 is 14.3 Å². The zero-order chi connectivity index (χ0) is 25.1. The van der Waals surface area contributed by atoms with Crippen molar-refractivity contribution in [1.82, 2.24) is 19.7 Å². The van der Waals surface area contributed by atoms with E-state index in [0.717, 1.165) is 62.0 Å². The highest BCUT2D eigenvalue weighted by Gasteiger charge is 2.48. The molecule has 0 bridgehead atoms. The summed E-state index contributed by atoms with van der Waals surface area (Å²) in [6.45, 7) is 5.95. The molecule has 36 heavy (non-hydrogen) atoms. The first-order valence-corrected chi connectivity index (χ1v) is 14.0. The molecule has 2 amide bonds. The summed E-state index contributed by atoms with van der Waals surface area (Å²) in [5, 5.41) is 4.38. The molecule has 1 atom stereocenters. The molecule has 2 fully saturated rings. The largest absolute Gasteiger partial charge is 0.497 e. The predicted molar refractivity (Wildman–Crippen MR) is 142 cm³/mol. The van der Waals surface area contributed by atoms with Crippen LogP contribution >= 0.6 is 0 Å². The van der Waals surface area contributed by atoms with Gasteiger partial charge < -0.3 is 24.4 Å². The molecule has 2 aliphatic heterocycles. The minimum atomic E-state index is -0.947. The lowest BCUT2D eigenvalue weighted by Crippen LogP contribution is -2.65. The molecule has 1 N–H and O–H groups in total. The van der Waals surface area contributed by atoms with Crippen LogP contribution in [0.25, 0.3) is 10.9 Å². The number of aromatic nitrogens is 1. The lowest BCUT2D eigenvalue weighted by Gasteiger charge is -2.45. The van der Waals surface area contributed by atoms with Gasteiger partial charge in [0.1, 0.15) is 17.0 Å². The number of carbonyl (C=O) groups is 2. The average Bonchev–Trinajstić information content (AvgIpc) is 3.08. The molecule has 0 unspecified atom stereocenters. The molecule has 0 radical (unpaired) electrons. The summed E-state index contributed by atoms with van der Waals surface area (Å²) in [4.78, 5) is 32.4. The van der Waals surface area contributed by atoms with Gasteiger partial charge in [0.25, 0.3) is 5.91 Å². The molecule has 0 spiro atoms. The van der Waals surface area contributed by atoms with Crippen LogP contribution in [0.3, 0.4) is 0 Å². The summed E-state index contributed by atoms with van der Waals surface area (Å²) >= 11 is 0. The fourth-order valence-corrected chi connectivity index (χ4v) is 6.37. The van der Waals surface area contributed by atoms with Crippen LogP contribution < -0.4 is 10.1 Å². The van der Waals surface area contributed by atoms with Crippen LogP contribution in [-0.4, -0.2) is 71.1 Å². The lowest BCUT2D eigenvalue weighted by atomic mass is 9.93. The second kappa shape index (κ2) is 10.8. The smallest absolute Gasteiger partial charge is 0.271 e. The number of amides is 2. The molecule has 1 saturated carbocycles. The average molecular weight is 495 g/mol. The van der Waals surface area contributed by atoms with Crippen LogP contribution in [0.5, 0.6) is 5.75 Å². The standard InChI is InChI=1S/C29H42N4O3/c1-29(28(35)30-23-11-7-3-4-8-12-23)21-32-25-20-24(36-2)14-13-22(25)19-26(32)27(34)33(29)18-17-31-15-9-5-6-10-16-31/h13-14,19-20,23H,3-12,15-18,21H2,1-2H3,(H,30,35)/t29-/m1/s1. The van der Waals surface area contributed by atoms with Crippen molar-refractivity contribution in [2.45, 2.75) is 89.3 Å². The maximum absolute atomic E-state index is 14.0. The summed E-state index contributed by atoms with van der Waals surface area (Å²) in [5.41, 5.74) is 0.657. The molecule has 5 rings (SSSR count). The number of ether oxygens (including phenoxy) is 1. The van der Waals surface area contributed by atoms with Gasteiger partial charge in [0, 0.05) is 30.6 Å². The van der Waals surface area contributed by atoms with Gasteiger partial charge in [-0.3, -0.25) is 9.59 Å². The van der Waals surface area contributed by atoms with Crippen LogP contribution in [0.2, 0.25) is 0 Å². The molecule has 1 aromatic carbocycles. The van der Waals surface area contributed by atoms with Gasteiger partial charge in [-0.15, -0.1) is 0 Å². The summed E-state index contributed by atoms with van der Waals surface area (Å²) in [7, 11) is 1.65. The number of nitrogens with one attached hydrogen (secondary N) is 1. The van der Waals surface area contributed by atoms with Crippen molar-refractivity contribution in [3.05, 3.63) is 30.0 Å². The summed E-state index contributed by atoms with van der Waals surface area (Å²) in [6.07, 6.45) is 11.8. The maximum atomic E-state index is 14.0. The van der Waals surface area contributed by atoms with Crippen LogP contribution in [0.1, 0.15) is 81.6 Å². The Morgan fingerprint density at radius 1 is 1.00 bits per heavy atom. The Hall–Kier alpha value is -2.54. The van der Waals surface area contributed by atoms with E-state index < -0.39 is 5.54 Å². The van der Waals surface area contributed by atoms with E-state index in [1.54, 1.807) is 7.11 Å². The SMILES string of the molecule is COc1ccc2cc3n(c2c1)C[C@](C)(C(=O)NC1CCCCCC1)N(CCN1CCCCCC1)C3=O. The fraction of sp³-hybridized carbons (Fsp3) is 0.655. The Bertz CT molecular complexity index is 1080. The number of fused-ring (bicyclic) bond motifs is 3. The van der Waals surface area contributed by atoms with Crippen LogP contribution in [0, 0.1) is 0 Å². The molecule has 7 nitrogen and oxygen atoms in total. The van der Waals surface area contributed by atoms with Crippen LogP contribution in [0.4, 0.5) is 0 Å². The number of hydrogen-bond donors (Lipinski definition) is 1. The lowest BCUT2D eigenvalue weighted by molar-refractivity contribution is -0.133. The van der Waals surface area contributed by atoms with Crippen molar-refractivity contribution in [3.8, 4) is 5.75 Å². The number of nitrogens with zero attached hydrogens (tertiary/aromatic N) is 3. The van der Waals surface area contributed by atoms with E-state index in [9.17, 15) is 9.59 Å². The van der Waals surface area contributed by atoms with Crippen molar-refractivity contribution in [2.24, 2.45) is 0 Å². The van der Waals surface area contributed by atoms with Gasteiger partial charge in [0.15, 0.2) is 0 Å². The van der Waals surface area contributed by atoms with E-state index in [2.05, 4.69) is 10.2 Å². The second-order valence-electron chi connectivity index (χ2n) is 11.2. The number of methoxy groups -OCH3 is 1. The summed E-state index contributed by atoms with van der Waals surface area (Å²) in [6, 6.07) is 8.06. The number of carbonyl (C=O) groups excluding carboxylic acids is 2. The molecule has 1 aromatic heterocycles. The molecule has 3 heterocycles. The van der Waals surface area contributed by atoms with Gasteiger partial charge in [-0.25, -0.2) is 0 Å². The van der Waals surface area contributed by atoms with Gasteiger partial charge >= 0.3 is 0 Å². The summed E-state index contributed by atoms with van der Waals surface area (Å²) in [5.74, 6) is 0.683. The quantitative estimate of drug-likeness (QED) is 0.597. The first-order valence-electron chi connectivity index (χ1n) is 14.0. The zero-order valence-corrected chi connectivity index (χ0v) is 22.1. The third kappa shape index (κ3) is 4.99.